The maximum absolute atomic E-state index is 10.8. The lowest BCUT2D eigenvalue weighted by molar-refractivity contribution is 0.507. The number of hydrogen-bond donors (Lipinski definition) is 0. The van der Waals surface area contributed by atoms with E-state index in [1.807, 2.05) is 36.4 Å². The first kappa shape index (κ1) is 19.5. The molecule has 0 bridgehead atoms. The lowest BCUT2D eigenvalue weighted by atomic mass is 9.97. The highest BCUT2D eigenvalue weighted by molar-refractivity contribution is 5.56. The molecule has 0 spiro atoms. The maximum Gasteiger partial charge on any atom is 0.292 e. The molecule has 0 amide bonds. The van der Waals surface area contributed by atoms with Crippen molar-refractivity contribution >= 4 is 23.5 Å². The van der Waals surface area contributed by atoms with Gasteiger partial charge in [-0.3, -0.25) is 0 Å². The Kier molecular flexibility index (Phi) is 6.44. The van der Waals surface area contributed by atoms with Crippen LogP contribution in [-0.4, -0.2) is 12.2 Å². The number of aliphatic imine (C=N–C) groups is 2. The first-order valence-electron chi connectivity index (χ1n) is 8.73. The monoisotopic (exact) mass is 381 g/mol. The van der Waals surface area contributed by atoms with Crippen molar-refractivity contribution in [2.75, 3.05) is 0 Å². The number of benzene rings is 3. The average Bonchev–Trinajstić information content (AvgIpc) is 2.73. The number of nitriles is 1. The molecule has 0 aliphatic rings. The minimum Gasteiger partial charge on any atom is -0.388 e. The van der Waals surface area contributed by atoms with Gasteiger partial charge >= 0.3 is 0 Å². The Morgan fingerprint density at radius 3 is 2.03 bits per heavy atom. The van der Waals surface area contributed by atoms with Crippen LogP contribution >= 0.6 is 0 Å². The average molecular weight is 381 g/mol. The van der Waals surface area contributed by atoms with Crippen molar-refractivity contribution in [3.63, 3.8) is 0 Å². The molecule has 0 aliphatic carbocycles. The Bertz CT molecular complexity index is 1130. The van der Waals surface area contributed by atoms with Crippen LogP contribution in [0.15, 0.2) is 76.7 Å². The SMILES string of the molecule is N#COc1ccc(Cc2cc(Cc3ccc(N=C=O)cc3)ccc2N=C=O)cc1. The molecule has 6 nitrogen and oxygen atoms in total. The van der Waals surface area contributed by atoms with Crippen LogP contribution in [0, 0.1) is 11.5 Å². The minimum absolute atomic E-state index is 0.471. The molecule has 140 valence electrons. The second-order valence-corrected chi connectivity index (χ2v) is 6.23. The van der Waals surface area contributed by atoms with E-state index in [1.165, 1.54) is 6.08 Å². The second kappa shape index (κ2) is 9.59. The standard InChI is InChI=1S/C23H15N3O3/c24-14-29-22-8-3-18(4-9-22)12-20-13-19(5-10-23(20)26-16-28)11-17-1-6-21(7-2-17)25-15-27/h1-10,13H,11-12H2. The lowest BCUT2D eigenvalue weighted by Crippen LogP contribution is -1.94. The van der Waals surface area contributed by atoms with Crippen LogP contribution in [0.2, 0.25) is 0 Å². The van der Waals surface area contributed by atoms with Gasteiger partial charge in [0.1, 0.15) is 5.75 Å². The Labute approximate surface area is 167 Å². The fraction of sp³-hybridized carbons (Fsp3) is 0.0870. The van der Waals surface area contributed by atoms with Gasteiger partial charge in [-0.05, 0) is 65.4 Å². The molecule has 0 saturated heterocycles. The van der Waals surface area contributed by atoms with Gasteiger partial charge in [0.2, 0.25) is 12.2 Å². The molecule has 0 saturated carbocycles. The zero-order chi connectivity index (χ0) is 20.5. The predicted molar refractivity (Wildman–Crippen MR) is 107 cm³/mol. The van der Waals surface area contributed by atoms with Crippen molar-refractivity contribution in [3.8, 4) is 12.0 Å². The highest BCUT2D eigenvalue weighted by Crippen LogP contribution is 2.26. The van der Waals surface area contributed by atoms with E-state index in [1.54, 1.807) is 42.7 Å². The molecule has 0 aliphatic heterocycles. The van der Waals surface area contributed by atoms with Crippen molar-refractivity contribution in [2.45, 2.75) is 12.8 Å². The highest BCUT2D eigenvalue weighted by atomic mass is 16.5. The van der Waals surface area contributed by atoms with Crippen molar-refractivity contribution in [1.82, 2.24) is 0 Å². The van der Waals surface area contributed by atoms with Crippen LogP contribution in [-0.2, 0) is 22.4 Å². The zero-order valence-corrected chi connectivity index (χ0v) is 15.3. The number of isocyanates is 2. The zero-order valence-electron chi connectivity index (χ0n) is 15.3. The third-order valence-electron chi connectivity index (χ3n) is 4.31. The normalized spacial score (nSPS) is 9.62. The van der Waals surface area contributed by atoms with Crippen LogP contribution < -0.4 is 4.74 Å². The summed E-state index contributed by atoms with van der Waals surface area (Å²) in [6.45, 7) is 0. The van der Waals surface area contributed by atoms with Gasteiger partial charge in [0, 0.05) is 0 Å². The minimum atomic E-state index is 0.471. The first-order valence-corrected chi connectivity index (χ1v) is 8.73. The summed E-state index contributed by atoms with van der Waals surface area (Å²) in [5.74, 6) is 0.471. The van der Waals surface area contributed by atoms with Gasteiger partial charge in [0.25, 0.3) is 6.26 Å². The Morgan fingerprint density at radius 2 is 1.38 bits per heavy atom. The van der Waals surface area contributed by atoms with Crippen LogP contribution in [0.3, 0.4) is 0 Å². The first-order chi connectivity index (χ1) is 14.2. The summed E-state index contributed by atoms with van der Waals surface area (Å²) in [4.78, 5) is 28.5. The fourth-order valence-corrected chi connectivity index (χ4v) is 2.97. The molecule has 3 aromatic carbocycles. The Morgan fingerprint density at radius 1 is 0.759 bits per heavy atom. The van der Waals surface area contributed by atoms with E-state index < -0.39 is 0 Å². The van der Waals surface area contributed by atoms with Gasteiger partial charge < -0.3 is 4.74 Å². The van der Waals surface area contributed by atoms with Gasteiger partial charge in [-0.1, -0.05) is 36.4 Å². The number of hydrogen-bond acceptors (Lipinski definition) is 6. The fourth-order valence-electron chi connectivity index (χ4n) is 2.97. The summed E-state index contributed by atoms with van der Waals surface area (Å²) in [5, 5.41) is 8.57. The van der Waals surface area contributed by atoms with Gasteiger partial charge in [0.15, 0.2) is 0 Å². The van der Waals surface area contributed by atoms with E-state index in [0.717, 1.165) is 22.3 Å². The van der Waals surface area contributed by atoms with Crippen molar-refractivity contribution in [3.05, 3.63) is 89.0 Å². The van der Waals surface area contributed by atoms with Crippen molar-refractivity contribution < 1.29 is 14.3 Å². The molecule has 29 heavy (non-hydrogen) atoms. The Hall–Kier alpha value is -4.29. The molecule has 0 aromatic heterocycles. The number of ether oxygens (including phenoxy) is 1. The number of rotatable bonds is 7. The number of carbonyl (C=O) groups excluding carboxylic acids is 2. The van der Waals surface area contributed by atoms with Crippen molar-refractivity contribution in [1.29, 1.82) is 5.26 Å². The second-order valence-electron chi connectivity index (χ2n) is 6.23. The molecular weight excluding hydrogens is 366 g/mol. The molecule has 0 fully saturated rings. The molecule has 0 radical (unpaired) electrons. The van der Waals surface area contributed by atoms with E-state index in [4.69, 9.17) is 10.00 Å². The molecule has 0 unspecified atom stereocenters. The highest BCUT2D eigenvalue weighted by Gasteiger charge is 2.07. The largest absolute Gasteiger partial charge is 0.388 e. The molecule has 3 aromatic rings. The van der Waals surface area contributed by atoms with Gasteiger partial charge in [-0.2, -0.15) is 9.98 Å². The lowest BCUT2D eigenvalue weighted by Gasteiger charge is -2.09. The van der Waals surface area contributed by atoms with Gasteiger partial charge in [-0.25, -0.2) is 9.59 Å². The van der Waals surface area contributed by atoms with E-state index in [0.29, 0.717) is 30.0 Å². The topological polar surface area (TPSA) is 91.9 Å². The van der Waals surface area contributed by atoms with E-state index in [-0.39, 0.29) is 0 Å². The maximum atomic E-state index is 10.8. The molecule has 0 atom stereocenters. The third kappa shape index (κ3) is 5.35. The summed E-state index contributed by atoms with van der Waals surface area (Å²) < 4.78 is 4.79. The van der Waals surface area contributed by atoms with Crippen LogP contribution in [0.5, 0.6) is 5.75 Å². The third-order valence-corrected chi connectivity index (χ3v) is 4.31. The molecule has 6 heteroatoms. The summed E-state index contributed by atoms with van der Waals surface area (Å²) >= 11 is 0. The van der Waals surface area contributed by atoms with Gasteiger partial charge in [0.05, 0.1) is 11.4 Å². The van der Waals surface area contributed by atoms with Crippen LogP contribution in [0.4, 0.5) is 11.4 Å². The molecule has 0 heterocycles. The summed E-state index contributed by atoms with van der Waals surface area (Å²) in [5.41, 5.74) is 5.12. The molecule has 3 rings (SSSR count). The summed E-state index contributed by atoms with van der Waals surface area (Å²) in [6.07, 6.45) is 6.00. The quantitative estimate of drug-likeness (QED) is 0.338. The predicted octanol–water partition coefficient (Wildman–Crippen LogP) is 4.66. The molecule has 0 N–H and O–H groups in total. The summed E-state index contributed by atoms with van der Waals surface area (Å²) in [7, 11) is 0. The van der Waals surface area contributed by atoms with Crippen LogP contribution in [0.25, 0.3) is 0 Å². The Balaban J connectivity index is 1.84. The van der Waals surface area contributed by atoms with E-state index in [9.17, 15) is 9.59 Å². The number of nitrogens with zero attached hydrogens (tertiary/aromatic N) is 3. The van der Waals surface area contributed by atoms with Crippen molar-refractivity contribution in [2.24, 2.45) is 9.98 Å². The van der Waals surface area contributed by atoms with E-state index in [2.05, 4.69) is 9.98 Å². The molecular formula is C23H15N3O3. The van der Waals surface area contributed by atoms with Gasteiger partial charge in [-0.15, -0.1) is 5.26 Å². The van der Waals surface area contributed by atoms with Crippen LogP contribution in [0.1, 0.15) is 22.3 Å². The smallest absolute Gasteiger partial charge is 0.292 e. The summed E-state index contributed by atoms with van der Waals surface area (Å²) in [6, 6.07) is 20.2. The van der Waals surface area contributed by atoms with E-state index >= 15 is 0 Å².